The molecule has 19 heavy (non-hydrogen) atoms. The number of hydrogen-bond donors (Lipinski definition) is 2. The molecule has 102 valence electrons. The molecule has 0 amide bonds. The van der Waals surface area contributed by atoms with Crippen LogP contribution in [0.1, 0.15) is 46.4 Å². The standard InChI is InChI=1S/C14H17NO4/c1-8-4-5-13(18-8)9(2)15-7-11-6-12(14(16)17)10(3)19-11/h4-6,9,15H,7H2,1-3H3,(H,16,17). The van der Waals surface area contributed by atoms with Gasteiger partial charge in [-0.1, -0.05) is 0 Å². The van der Waals surface area contributed by atoms with Crippen LogP contribution in [-0.4, -0.2) is 11.1 Å². The molecule has 0 aromatic carbocycles. The molecule has 0 bridgehead atoms. The van der Waals surface area contributed by atoms with Crippen LogP contribution in [0.5, 0.6) is 0 Å². The van der Waals surface area contributed by atoms with Crippen LogP contribution in [0, 0.1) is 13.8 Å². The number of carboxylic acid groups (broad SMARTS) is 1. The van der Waals surface area contributed by atoms with E-state index in [2.05, 4.69) is 5.32 Å². The van der Waals surface area contributed by atoms with Crippen molar-refractivity contribution in [3.63, 3.8) is 0 Å². The number of nitrogens with one attached hydrogen (secondary N) is 1. The third-order valence-corrected chi connectivity index (χ3v) is 2.97. The van der Waals surface area contributed by atoms with Crippen LogP contribution in [0.4, 0.5) is 0 Å². The molecule has 0 aliphatic rings. The smallest absolute Gasteiger partial charge is 0.339 e. The summed E-state index contributed by atoms with van der Waals surface area (Å²) in [4.78, 5) is 10.9. The molecule has 2 aromatic heterocycles. The number of hydrogen-bond acceptors (Lipinski definition) is 4. The maximum atomic E-state index is 10.9. The van der Waals surface area contributed by atoms with Crippen LogP contribution >= 0.6 is 0 Å². The van der Waals surface area contributed by atoms with Crippen LogP contribution in [-0.2, 0) is 6.54 Å². The second-order valence-electron chi connectivity index (χ2n) is 4.54. The SMILES string of the molecule is Cc1ccc(C(C)NCc2cc(C(=O)O)c(C)o2)o1. The van der Waals surface area contributed by atoms with Crippen molar-refractivity contribution in [1.29, 1.82) is 0 Å². The lowest BCUT2D eigenvalue weighted by atomic mass is 10.2. The Bertz CT molecular complexity index is 582. The first-order valence-electron chi connectivity index (χ1n) is 6.09. The van der Waals surface area contributed by atoms with Gasteiger partial charge in [-0.15, -0.1) is 0 Å². The minimum Gasteiger partial charge on any atom is -0.478 e. The molecule has 2 aromatic rings. The Labute approximate surface area is 111 Å². The van der Waals surface area contributed by atoms with E-state index in [9.17, 15) is 4.79 Å². The highest BCUT2D eigenvalue weighted by atomic mass is 16.4. The van der Waals surface area contributed by atoms with Crippen molar-refractivity contribution in [3.8, 4) is 0 Å². The summed E-state index contributed by atoms with van der Waals surface area (Å²) in [5, 5.41) is 12.2. The fraction of sp³-hybridized carbons (Fsp3) is 0.357. The molecule has 0 aliphatic carbocycles. The Morgan fingerprint density at radius 2 is 2.11 bits per heavy atom. The van der Waals surface area contributed by atoms with Crippen LogP contribution in [0.2, 0.25) is 0 Å². The molecule has 0 spiro atoms. The van der Waals surface area contributed by atoms with Gasteiger partial charge in [0.1, 0.15) is 28.6 Å². The largest absolute Gasteiger partial charge is 0.478 e. The van der Waals surface area contributed by atoms with Crippen LogP contribution in [0.15, 0.2) is 27.0 Å². The second-order valence-corrected chi connectivity index (χ2v) is 4.54. The van der Waals surface area contributed by atoms with E-state index < -0.39 is 5.97 Å². The zero-order valence-electron chi connectivity index (χ0n) is 11.2. The quantitative estimate of drug-likeness (QED) is 0.867. The fourth-order valence-electron chi connectivity index (χ4n) is 1.88. The van der Waals surface area contributed by atoms with Crippen molar-refractivity contribution >= 4 is 5.97 Å². The molecule has 0 radical (unpaired) electrons. The Morgan fingerprint density at radius 3 is 2.63 bits per heavy atom. The van der Waals surface area contributed by atoms with Gasteiger partial charge in [0.25, 0.3) is 0 Å². The number of furan rings is 2. The Morgan fingerprint density at radius 1 is 1.37 bits per heavy atom. The van der Waals surface area contributed by atoms with Gasteiger partial charge in [-0.2, -0.15) is 0 Å². The lowest BCUT2D eigenvalue weighted by molar-refractivity contribution is 0.0695. The van der Waals surface area contributed by atoms with Gasteiger partial charge in [0.05, 0.1) is 12.6 Å². The van der Waals surface area contributed by atoms with Gasteiger partial charge in [0.15, 0.2) is 0 Å². The highest BCUT2D eigenvalue weighted by molar-refractivity contribution is 5.88. The molecule has 0 saturated heterocycles. The number of carboxylic acids is 1. The highest BCUT2D eigenvalue weighted by Crippen LogP contribution is 2.18. The van der Waals surface area contributed by atoms with E-state index in [4.69, 9.17) is 13.9 Å². The Balaban J connectivity index is 1.99. The molecular formula is C14H17NO4. The van der Waals surface area contributed by atoms with E-state index in [0.29, 0.717) is 18.1 Å². The van der Waals surface area contributed by atoms with Crippen molar-refractivity contribution in [2.75, 3.05) is 0 Å². The second kappa shape index (κ2) is 5.32. The topological polar surface area (TPSA) is 75.6 Å². The van der Waals surface area contributed by atoms with Crippen molar-refractivity contribution in [1.82, 2.24) is 5.32 Å². The molecule has 0 saturated carbocycles. The summed E-state index contributed by atoms with van der Waals surface area (Å²) in [5.41, 5.74) is 0.207. The van der Waals surface area contributed by atoms with E-state index in [0.717, 1.165) is 11.5 Å². The first-order valence-corrected chi connectivity index (χ1v) is 6.09. The summed E-state index contributed by atoms with van der Waals surface area (Å²) in [6.45, 7) is 5.97. The first-order chi connectivity index (χ1) is 8.97. The molecular weight excluding hydrogens is 246 g/mol. The van der Waals surface area contributed by atoms with Gasteiger partial charge in [0.2, 0.25) is 0 Å². The zero-order chi connectivity index (χ0) is 14.0. The van der Waals surface area contributed by atoms with Gasteiger partial charge in [0, 0.05) is 0 Å². The normalized spacial score (nSPS) is 12.6. The zero-order valence-corrected chi connectivity index (χ0v) is 11.2. The summed E-state index contributed by atoms with van der Waals surface area (Å²) >= 11 is 0. The Kier molecular flexibility index (Phi) is 3.76. The lowest BCUT2D eigenvalue weighted by Crippen LogP contribution is -2.17. The van der Waals surface area contributed by atoms with Crippen LogP contribution in [0.3, 0.4) is 0 Å². The van der Waals surface area contributed by atoms with Gasteiger partial charge in [-0.3, -0.25) is 0 Å². The predicted octanol–water partition coefficient (Wildman–Crippen LogP) is 3.04. The minimum atomic E-state index is -0.970. The van der Waals surface area contributed by atoms with Crippen LogP contribution < -0.4 is 5.32 Å². The molecule has 5 nitrogen and oxygen atoms in total. The van der Waals surface area contributed by atoms with Gasteiger partial charge in [-0.05, 0) is 39.0 Å². The van der Waals surface area contributed by atoms with Crippen molar-refractivity contribution in [2.24, 2.45) is 0 Å². The molecule has 2 rings (SSSR count). The van der Waals surface area contributed by atoms with E-state index in [-0.39, 0.29) is 11.6 Å². The number of aryl methyl sites for hydroxylation is 2. The third kappa shape index (κ3) is 3.06. The lowest BCUT2D eigenvalue weighted by Gasteiger charge is -2.09. The van der Waals surface area contributed by atoms with Gasteiger partial charge >= 0.3 is 5.97 Å². The fourth-order valence-corrected chi connectivity index (χ4v) is 1.88. The number of rotatable bonds is 5. The first kappa shape index (κ1) is 13.4. The average Bonchev–Trinajstić information content (AvgIpc) is 2.92. The average molecular weight is 263 g/mol. The monoisotopic (exact) mass is 263 g/mol. The van der Waals surface area contributed by atoms with E-state index in [1.54, 1.807) is 13.0 Å². The van der Waals surface area contributed by atoms with Crippen molar-refractivity contribution in [3.05, 3.63) is 46.8 Å². The summed E-state index contributed by atoms with van der Waals surface area (Å²) in [5.74, 6) is 1.77. The molecule has 1 atom stereocenters. The van der Waals surface area contributed by atoms with E-state index in [1.165, 1.54) is 0 Å². The molecule has 2 N–H and O–H groups in total. The van der Waals surface area contributed by atoms with Gasteiger partial charge in [-0.25, -0.2) is 4.79 Å². The van der Waals surface area contributed by atoms with Crippen molar-refractivity contribution < 1.29 is 18.7 Å². The molecule has 0 fully saturated rings. The van der Waals surface area contributed by atoms with E-state index >= 15 is 0 Å². The van der Waals surface area contributed by atoms with Crippen molar-refractivity contribution in [2.45, 2.75) is 33.4 Å². The minimum absolute atomic E-state index is 0.0346. The predicted molar refractivity (Wildman–Crippen MR) is 69.1 cm³/mol. The van der Waals surface area contributed by atoms with Crippen LogP contribution in [0.25, 0.3) is 0 Å². The number of aromatic carboxylic acids is 1. The summed E-state index contributed by atoms with van der Waals surface area (Å²) in [6, 6.07) is 5.41. The maximum Gasteiger partial charge on any atom is 0.339 e. The molecule has 0 aliphatic heterocycles. The maximum absolute atomic E-state index is 10.9. The molecule has 5 heteroatoms. The number of carbonyl (C=O) groups is 1. The van der Waals surface area contributed by atoms with E-state index in [1.807, 2.05) is 26.0 Å². The Hall–Kier alpha value is -2.01. The highest BCUT2D eigenvalue weighted by Gasteiger charge is 2.15. The molecule has 2 heterocycles. The molecule has 1 unspecified atom stereocenters. The van der Waals surface area contributed by atoms with Gasteiger partial charge < -0.3 is 19.3 Å². The summed E-state index contributed by atoms with van der Waals surface area (Å²) in [6.07, 6.45) is 0. The summed E-state index contributed by atoms with van der Waals surface area (Å²) in [7, 11) is 0. The third-order valence-electron chi connectivity index (χ3n) is 2.97. The summed E-state index contributed by atoms with van der Waals surface area (Å²) < 4.78 is 10.9.